The Labute approximate surface area is 149 Å². The molecule has 3 N–H and O–H groups in total. The number of rotatable bonds is 2. The summed E-state index contributed by atoms with van der Waals surface area (Å²) in [5, 5.41) is 9.11. The normalized spacial score (nSPS) is 21.2. The van der Waals surface area contributed by atoms with Crippen LogP contribution in [0.5, 0.6) is 0 Å². The molecule has 4 nitrogen and oxygen atoms in total. The number of hydrogen-bond acceptors (Lipinski definition) is 2. The fraction of sp³-hybridized carbons (Fsp3) is 0.150. The minimum atomic E-state index is -0.330. The van der Waals surface area contributed by atoms with Gasteiger partial charge in [-0.25, -0.2) is 13.6 Å². The van der Waals surface area contributed by atoms with Crippen LogP contribution in [0.2, 0.25) is 0 Å². The number of carbonyl (C=O) groups excluding carboxylic acids is 1. The third-order valence-electron chi connectivity index (χ3n) is 4.55. The van der Waals surface area contributed by atoms with Crippen LogP contribution in [-0.2, 0) is 0 Å². The van der Waals surface area contributed by atoms with Crippen LogP contribution in [0.3, 0.4) is 0 Å². The molecule has 2 aliphatic heterocycles. The topological polar surface area (TPSA) is 53.2 Å². The average Bonchev–Trinajstić information content (AvgIpc) is 2.64. The van der Waals surface area contributed by atoms with Crippen molar-refractivity contribution in [2.24, 2.45) is 0 Å². The van der Waals surface area contributed by atoms with E-state index in [1.54, 1.807) is 24.3 Å². The molecule has 0 fully saturated rings. The molecule has 4 rings (SSSR count). The number of nitrogens with one attached hydrogen (secondary N) is 3. The highest BCUT2D eigenvalue weighted by Gasteiger charge is 2.31. The maximum Gasteiger partial charge on any atom is 0.319 e. The lowest BCUT2D eigenvalue weighted by molar-refractivity contribution is 0.238. The van der Waals surface area contributed by atoms with Gasteiger partial charge in [-0.3, -0.25) is 0 Å². The molecule has 2 heterocycles. The molecule has 0 bridgehead atoms. The minimum absolute atomic E-state index is 0.291. The number of urea groups is 1. The first-order valence-corrected chi connectivity index (χ1v) is 8.33. The third-order valence-corrected chi connectivity index (χ3v) is 4.55. The monoisotopic (exact) mass is 353 g/mol. The van der Waals surface area contributed by atoms with E-state index < -0.39 is 0 Å². The van der Waals surface area contributed by atoms with Crippen LogP contribution in [-0.4, -0.2) is 19.1 Å². The zero-order valence-corrected chi connectivity index (χ0v) is 13.9. The SMILES string of the molecule is O=C1NC2=C(CNC/C2=C\c2ccc(F)cc2)C(c2ccc(F)cc2)N1. The fourth-order valence-electron chi connectivity index (χ4n) is 3.31. The average molecular weight is 353 g/mol. The highest BCUT2D eigenvalue weighted by atomic mass is 19.1. The van der Waals surface area contributed by atoms with Gasteiger partial charge in [0.1, 0.15) is 11.6 Å². The van der Waals surface area contributed by atoms with Gasteiger partial charge in [0.2, 0.25) is 0 Å². The number of amides is 2. The number of benzene rings is 2. The Bertz CT molecular complexity index is 902. The third kappa shape index (κ3) is 3.23. The summed E-state index contributed by atoms with van der Waals surface area (Å²) in [6.45, 7) is 1.19. The van der Waals surface area contributed by atoms with Gasteiger partial charge in [0.05, 0.1) is 6.04 Å². The van der Waals surface area contributed by atoms with Crippen LogP contribution in [0.15, 0.2) is 65.4 Å². The first-order chi connectivity index (χ1) is 12.6. The van der Waals surface area contributed by atoms with Crippen LogP contribution in [0.25, 0.3) is 6.08 Å². The largest absolute Gasteiger partial charge is 0.327 e. The summed E-state index contributed by atoms with van der Waals surface area (Å²) in [5.74, 6) is -0.609. The van der Waals surface area contributed by atoms with Crippen molar-refractivity contribution in [3.63, 3.8) is 0 Å². The van der Waals surface area contributed by atoms with Gasteiger partial charge in [0.15, 0.2) is 0 Å². The molecule has 0 saturated carbocycles. The van der Waals surface area contributed by atoms with E-state index in [0.717, 1.165) is 28.0 Å². The van der Waals surface area contributed by atoms with E-state index in [0.29, 0.717) is 13.1 Å². The number of hydrogen-bond donors (Lipinski definition) is 3. The first kappa shape index (κ1) is 16.5. The maximum absolute atomic E-state index is 13.2. The second-order valence-corrected chi connectivity index (χ2v) is 6.31. The van der Waals surface area contributed by atoms with E-state index in [-0.39, 0.29) is 23.7 Å². The molecule has 1 unspecified atom stereocenters. The zero-order chi connectivity index (χ0) is 18.1. The zero-order valence-electron chi connectivity index (χ0n) is 13.9. The lowest BCUT2D eigenvalue weighted by Crippen LogP contribution is -2.49. The quantitative estimate of drug-likeness (QED) is 0.776. The lowest BCUT2D eigenvalue weighted by Gasteiger charge is -2.35. The Hall–Kier alpha value is -2.99. The Morgan fingerprint density at radius 2 is 1.58 bits per heavy atom. The molecule has 2 aromatic rings. The second kappa shape index (κ2) is 6.72. The van der Waals surface area contributed by atoms with Crippen LogP contribution in [0, 0.1) is 11.6 Å². The summed E-state index contributed by atoms with van der Waals surface area (Å²) in [7, 11) is 0. The molecule has 0 saturated heterocycles. The van der Waals surface area contributed by atoms with Crippen molar-refractivity contribution < 1.29 is 13.6 Å². The van der Waals surface area contributed by atoms with Crippen molar-refractivity contribution in [1.82, 2.24) is 16.0 Å². The molecular weight excluding hydrogens is 336 g/mol. The Morgan fingerprint density at radius 1 is 0.923 bits per heavy atom. The number of halogens is 2. The van der Waals surface area contributed by atoms with Gasteiger partial charge in [-0.15, -0.1) is 0 Å². The first-order valence-electron chi connectivity index (χ1n) is 8.33. The molecule has 0 spiro atoms. The highest BCUT2D eigenvalue weighted by Crippen LogP contribution is 2.31. The molecule has 2 amide bonds. The van der Waals surface area contributed by atoms with Crippen molar-refractivity contribution in [2.75, 3.05) is 13.1 Å². The van der Waals surface area contributed by atoms with Gasteiger partial charge in [-0.2, -0.15) is 0 Å². The van der Waals surface area contributed by atoms with Crippen LogP contribution < -0.4 is 16.0 Å². The summed E-state index contributed by atoms with van der Waals surface area (Å²) in [4.78, 5) is 12.2. The van der Waals surface area contributed by atoms with E-state index in [2.05, 4.69) is 16.0 Å². The minimum Gasteiger partial charge on any atom is -0.327 e. The molecule has 2 aromatic carbocycles. The van der Waals surface area contributed by atoms with Crippen LogP contribution in [0.1, 0.15) is 17.2 Å². The predicted molar refractivity (Wildman–Crippen MR) is 95.1 cm³/mol. The standard InChI is InChI=1S/C20H17F2N3O/c21-15-5-1-12(2-6-15)9-14-10-23-11-17-18(24-20(26)25-19(14)17)13-3-7-16(22)8-4-13/h1-9,18,23H,10-11H2,(H2,24,25,26)/b14-9+. The van der Waals surface area contributed by atoms with Crippen molar-refractivity contribution in [1.29, 1.82) is 0 Å². The van der Waals surface area contributed by atoms with Gasteiger partial charge < -0.3 is 16.0 Å². The summed E-state index contributed by atoms with van der Waals surface area (Å²) in [6, 6.07) is 11.7. The molecule has 1 atom stereocenters. The van der Waals surface area contributed by atoms with Crippen molar-refractivity contribution >= 4 is 12.1 Å². The Morgan fingerprint density at radius 3 is 2.27 bits per heavy atom. The van der Waals surface area contributed by atoms with Gasteiger partial charge in [-0.1, -0.05) is 24.3 Å². The van der Waals surface area contributed by atoms with Crippen molar-refractivity contribution in [3.8, 4) is 0 Å². The van der Waals surface area contributed by atoms with E-state index in [4.69, 9.17) is 0 Å². The number of carbonyl (C=O) groups is 1. The summed E-state index contributed by atoms with van der Waals surface area (Å²) in [6.07, 6.45) is 1.92. The van der Waals surface area contributed by atoms with Gasteiger partial charge >= 0.3 is 6.03 Å². The smallest absolute Gasteiger partial charge is 0.319 e. The Balaban J connectivity index is 1.75. The molecule has 0 radical (unpaired) electrons. The van der Waals surface area contributed by atoms with E-state index in [1.807, 2.05) is 6.08 Å². The molecule has 26 heavy (non-hydrogen) atoms. The predicted octanol–water partition coefficient (Wildman–Crippen LogP) is 3.26. The summed E-state index contributed by atoms with van der Waals surface area (Å²) >= 11 is 0. The highest BCUT2D eigenvalue weighted by molar-refractivity contribution is 5.82. The van der Waals surface area contributed by atoms with Crippen LogP contribution in [0.4, 0.5) is 13.6 Å². The van der Waals surface area contributed by atoms with E-state index >= 15 is 0 Å². The summed E-state index contributed by atoms with van der Waals surface area (Å²) < 4.78 is 26.4. The van der Waals surface area contributed by atoms with Gasteiger partial charge in [0.25, 0.3) is 0 Å². The Kier molecular flexibility index (Phi) is 4.26. The van der Waals surface area contributed by atoms with Gasteiger partial charge in [-0.05, 0) is 52.6 Å². The molecule has 132 valence electrons. The van der Waals surface area contributed by atoms with Crippen LogP contribution >= 0.6 is 0 Å². The molecule has 2 aliphatic rings. The second-order valence-electron chi connectivity index (χ2n) is 6.31. The molecule has 0 aromatic heterocycles. The van der Waals surface area contributed by atoms with Gasteiger partial charge in [0, 0.05) is 18.8 Å². The maximum atomic E-state index is 13.2. The summed E-state index contributed by atoms with van der Waals surface area (Å²) in [5.41, 5.74) is 4.34. The van der Waals surface area contributed by atoms with E-state index in [1.165, 1.54) is 24.3 Å². The molecular formula is C20H17F2N3O. The lowest BCUT2D eigenvalue weighted by atomic mass is 9.90. The molecule has 0 aliphatic carbocycles. The fourth-order valence-corrected chi connectivity index (χ4v) is 3.31. The van der Waals surface area contributed by atoms with Crippen molar-refractivity contribution in [2.45, 2.75) is 6.04 Å². The van der Waals surface area contributed by atoms with E-state index in [9.17, 15) is 13.6 Å². The van der Waals surface area contributed by atoms with Crippen molar-refractivity contribution in [3.05, 3.63) is 88.1 Å². The molecule has 6 heteroatoms.